The number of halogens is 1. The molecule has 7 rings (SSSR count). The van der Waals surface area contributed by atoms with E-state index in [1.54, 1.807) is 13.2 Å². The van der Waals surface area contributed by atoms with Crippen LogP contribution in [0.4, 0.5) is 11.4 Å². The first-order valence-electron chi connectivity index (χ1n) is 15.9. The average molecular weight is 665 g/mol. The molecule has 1 aromatic heterocycles. The molecule has 0 bridgehead atoms. The quantitative estimate of drug-likeness (QED) is 0.240. The van der Waals surface area contributed by atoms with Crippen molar-refractivity contribution < 1.29 is 19.1 Å². The molecule has 0 radical (unpaired) electrons. The number of rotatable bonds is 8. The van der Waals surface area contributed by atoms with Gasteiger partial charge in [-0.25, -0.2) is 9.78 Å². The fourth-order valence-corrected chi connectivity index (χ4v) is 6.91. The van der Waals surface area contributed by atoms with Crippen LogP contribution in [-0.2, 0) is 36.1 Å². The number of aromatic nitrogens is 2. The number of carbonyl (C=O) groups is 1. The van der Waals surface area contributed by atoms with E-state index in [1.165, 1.54) is 0 Å². The highest BCUT2D eigenvalue weighted by Gasteiger charge is 2.27. The molecular weight excluding hydrogens is 628 g/mol. The van der Waals surface area contributed by atoms with Gasteiger partial charge in [-0.05, 0) is 61.0 Å². The third kappa shape index (κ3) is 5.72. The van der Waals surface area contributed by atoms with Crippen molar-refractivity contribution in [1.82, 2.24) is 19.8 Å². The number of ether oxygens (including phenoxy) is 2. The molecule has 0 unspecified atom stereocenters. The van der Waals surface area contributed by atoms with Gasteiger partial charge in [0.25, 0.3) is 5.91 Å². The van der Waals surface area contributed by atoms with Gasteiger partial charge in [0.1, 0.15) is 11.4 Å². The van der Waals surface area contributed by atoms with Crippen LogP contribution in [-0.4, -0.2) is 66.3 Å². The van der Waals surface area contributed by atoms with Crippen LogP contribution in [0, 0.1) is 6.92 Å². The van der Waals surface area contributed by atoms with Crippen molar-refractivity contribution in [2.75, 3.05) is 44.1 Å². The Morgan fingerprint density at radius 2 is 1.92 bits per heavy atom. The molecular formula is C37H37ClN6O4. The van der Waals surface area contributed by atoms with Gasteiger partial charge in [0, 0.05) is 67.4 Å². The SMILES string of the molecule is COc1cc2c(cc1CNC1COC1)C=CN(c1cccc(-c3cccc(NC(=O)c4nc5c(n4C)CCN(C)C5)c3Cl)c1C)C2=C=O. The summed E-state index contributed by atoms with van der Waals surface area (Å²) in [6, 6.07) is 15.7. The van der Waals surface area contributed by atoms with Gasteiger partial charge in [-0.1, -0.05) is 35.9 Å². The molecule has 0 saturated carbocycles. The van der Waals surface area contributed by atoms with Crippen LogP contribution in [0.1, 0.15) is 44.3 Å². The Bertz CT molecular complexity index is 2010. The third-order valence-electron chi connectivity index (χ3n) is 9.42. The maximum Gasteiger partial charge on any atom is 0.291 e. The van der Waals surface area contributed by atoms with E-state index < -0.39 is 0 Å². The highest BCUT2D eigenvalue weighted by molar-refractivity contribution is 6.36. The minimum atomic E-state index is -0.316. The van der Waals surface area contributed by atoms with Crippen LogP contribution in [0.15, 0.2) is 54.7 Å². The standard InChI is InChI=1S/C37H37ClN6O4/c1-22-26(27-8-5-9-29(35(27)38)41-37(46)36-40-30-18-42(2)13-12-32(30)43(36)3)7-6-10-31(22)44-14-11-23-15-24(17-39-25-20-48-21-25)34(47-4)16-28(23)33(44)19-45/h5-11,14-16,25,39H,12-13,17-18,20-21H2,1-4H3,(H,41,46). The second-order valence-electron chi connectivity index (χ2n) is 12.4. The summed E-state index contributed by atoms with van der Waals surface area (Å²) in [6.45, 7) is 5.66. The minimum Gasteiger partial charge on any atom is -0.496 e. The van der Waals surface area contributed by atoms with Crippen LogP contribution in [0.2, 0.25) is 5.02 Å². The molecule has 3 aliphatic heterocycles. The molecule has 246 valence electrons. The van der Waals surface area contributed by atoms with Crippen molar-refractivity contribution >= 4 is 46.6 Å². The van der Waals surface area contributed by atoms with E-state index in [9.17, 15) is 9.59 Å². The molecule has 0 atom stereocenters. The molecule has 0 spiro atoms. The molecule has 48 heavy (non-hydrogen) atoms. The summed E-state index contributed by atoms with van der Waals surface area (Å²) < 4.78 is 12.9. The van der Waals surface area contributed by atoms with E-state index in [-0.39, 0.29) is 5.91 Å². The number of nitrogens with zero attached hydrogens (tertiary/aromatic N) is 4. The van der Waals surface area contributed by atoms with Crippen molar-refractivity contribution in [2.45, 2.75) is 32.5 Å². The highest BCUT2D eigenvalue weighted by Crippen LogP contribution is 2.42. The lowest BCUT2D eigenvalue weighted by atomic mass is 9.94. The molecule has 11 heteroatoms. The van der Waals surface area contributed by atoms with Gasteiger partial charge in [0.2, 0.25) is 0 Å². The van der Waals surface area contributed by atoms with Crippen molar-refractivity contribution in [3.05, 3.63) is 99.2 Å². The van der Waals surface area contributed by atoms with Crippen LogP contribution >= 0.6 is 11.6 Å². The Hall–Kier alpha value is -4.70. The van der Waals surface area contributed by atoms with E-state index in [0.717, 1.165) is 63.4 Å². The fraction of sp³-hybridized carbons (Fsp3) is 0.297. The van der Waals surface area contributed by atoms with E-state index in [4.69, 9.17) is 21.1 Å². The van der Waals surface area contributed by atoms with Crippen molar-refractivity contribution in [1.29, 1.82) is 0 Å². The lowest BCUT2D eigenvalue weighted by Crippen LogP contribution is -2.45. The molecule has 1 fully saturated rings. The predicted octanol–water partition coefficient (Wildman–Crippen LogP) is 5.45. The minimum absolute atomic E-state index is 0.316. The molecule has 1 saturated heterocycles. The maximum atomic E-state index is 13.4. The Kier molecular flexibility index (Phi) is 8.68. The van der Waals surface area contributed by atoms with Crippen molar-refractivity contribution in [2.24, 2.45) is 7.05 Å². The second-order valence-corrected chi connectivity index (χ2v) is 12.8. The van der Waals surface area contributed by atoms with E-state index >= 15 is 0 Å². The summed E-state index contributed by atoms with van der Waals surface area (Å²) in [5.41, 5.74) is 8.85. The highest BCUT2D eigenvalue weighted by atomic mass is 35.5. The first-order chi connectivity index (χ1) is 23.3. The Morgan fingerprint density at radius 1 is 1.12 bits per heavy atom. The number of nitrogens with one attached hydrogen (secondary N) is 2. The zero-order chi connectivity index (χ0) is 33.5. The van der Waals surface area contributed by atoms with E-state index in [1.807, 2.05) is 78.2 Å². The van der Waals surface area contributed by atoms with Crippen LogP contribution in [0.3, 0.4) is 0 Å². The van der Waals surface area contributed by atoms with Gasteiger partial charge in [-0.15, -0.1) is 0 Å². The predicted molar refractivity (Wildman–Crippen MR) is 188 cm³/mol. The Labute approximate surface area is 284 Å². The third-order valence-corrected chi connectivity index (χ3v) is 9.83. The van der Waals surface area contributed by atoms with Crippen LogP contribution < -0.4 is 20.3 Å². The molecule has 3 aromatic carbocycles. The number of anilines is 2. The summed E-state index contributed by atoms with van der Waals surface area (Å²) in [4.78, 5) is 34.7. The van der Waals surface area contributed by atoms with Gasteiger partial charge in [0.05, 0.1) is 42.8 Å². The largest absolute Gasteiger partial charge is 0.496 e. The summed E-state index contributed by atoms with van der Waals surface area (Å²) in [7, 11) is 5.57. The van der Waals surface area contributed by atoms with Gasteiger partial charge in [0.15, 0.2) is 11.8 Å². The number of benzene rings is 3. The number of hydrogen-bond donors (Lipinski definition) is 2. The van der Waals surface area contributed by atoms with E-state index in [2.05, 4.69) is 33.5 Å². The lowest BCUT2D eigenvalue weighted by molar-refractivity contribution is -0.00584. The molecule has 4 aromatic rings. The second kappa shape index (κ2) is 13.1. The number of fused-ring (bicyclic) bond motifs is 2. The normalized spacial score (nSPS) is 15.9. The molecule has 10 nitrogen and oxygen atoms in total. The number of carbonyl (C=O) groups excluding carboxylic acids is 2. The van der Waals surface area contributed by atoms with Gasteiger partial charge >= 0.3 is 0 Å². The fourth-order valence-electron chi connectivity index (χ4n) is 6.64. The van der Waals surface area contributed by atoms with Gasteiger partial charge < -0.3 is 34.5 Å². The zero-order valence-corrected chi connectivity index (χ0v) is 28.1. The van der Waals surface area contributed by atoms with Crippen molar-refractivity contribution in [3.63, 3.8) is 0 Å². The first kappa shape index (κ1) is 31.9. The maximum absolute atomic E-state index is 13.4. The molecule has 2 N–H and O–H groups in total. The molecule has 3 aliphatic rings. The van der Waals surface area contributed by atoms with Gasteiger partial charge in [-0.3, -0.25) is 4.79 Å². The monoisotopic (exact) mass is 664 g/mol. The Morgan fingerprint density at radius 3 is 2.67 bits per heavy atom. The number of amides is 1. The molecule has 4 heterocycles. The van der Waals surface area contributed by atoms with Gasteiger partial charge in [-0.2, -0.15) is 0 Å². The average Bonchev–Trinajstić information content (AvgIpc) is 3.39. The first-order valence-corrected chi connectivity index (χ1v) is 16.3. The lowest BCUT2D eigenvalue weighted by Gasteiger charge is -2.30. The van der Waals surface area contributed by atoms with Crippen LogP contribution in [0.25, 0.3) is 22.9 Å². The number of imidazole rings is 1. The number of likely N-dealkylation sites (N-methyl/N-ethyl adjacent to an activating group) is 1. The van der Waals surface area contributed by atoms with E-state index in [0.29, 0.717) is 60.3 Å². The Balaban J connectivity index is 1.17. The summed E-state index contributed by atoms with van der Waals surface area (Å²) in [6.07, 6.45) is 4.73. The van der Waals surface area contributed by atoms with Crippen LogP contribution in [0.5, 0.6) is 5.75 Å². The smallest absolute Gasteiger partial charge is 0.291 e. The van der Waals surface area contributed by atoms with Crippen molar-refractivity contribution in [3.8, 4) is 16.9 Å². The topological polar surface area (TPSA) is 101 Å². The number of methoxy groups -OCH3 is 1. The summed E-state index contributed by atoms with van der Waals surface area (Å²) in [5, 5.41) is 6.89. The molecule has 1 amide bonds. The summed E-state index contributed by atoms with van der Waals surface area (Å²) >= 11 is 7.00. The zero-order valence-electron chi connectivity index (χ0n) is 27.4. The molecule has 0 aliphatic carbocycles. The number of hydrogen-bond acceptors (Lipinski definition) is 8. The summed E-state index contributed by atoms with van der Waals surface area (Å²) in [5.74, 6) is 2.92.